The topological polar surface area (TPSA) is 117 Å². The smallest absolute Gasteiger partial charge is 0.305 e. The molecule has 3 heterocycles. The van der Waals surface area contributed by atoms with E-state index >= 15 is 8.78 Å². The maximum atomic E-state index is 15.4. The summed E-state index contributed by atoms with van der Waals surface area (Å²) in [5, 5.41) is 12.9. The SMILES string of the molecule is Cc1cnc2nc(C(=O)N3CC4[C@@H]([C@H]3C(=O)N[C@@H](CC(=O)O)c3cc(-c5c(C)cc(Cl)cc5C)cc(F)c3F)C4(C)C)cn2c1. The summed E-state index contributed by atoms with van der Waals surface area (Å²) in [4.78, 5) is 49.8. The predicted octanol–water partition coefficient (Wildman–Crippen LogP) is 5.68. The van der Waals surface area contributed by atoms with E-state index in [-0.39, 0.29) is 28.5 Å². The van der Waals surface area contributed by atoms with Crippen molar-refractivity contribution in [3.63, 3.8) is 0 Å². The van der Waals surface area contributed by atoms with E-state index in [1.807, 2.05) is 20.8 Å². The molecule has 45 heavy (non-hydrogen) atoms. The molecule has 1 saturated heterocycles. The van der Waals surface area contributed by atoms with Crippen molar-refractivity contribution in [1.29, 1.82) is 0 Å². The van der Waals surface area contributed by atoms with Crippen LogP contribution in [0.25, 0.3) is 16.9 Å². The van der Waals surface area contributed by atoms with Gasteiger partial charge in [0.25, 0.3) is 5.91 Å². The summed E-state index contributed by atoms with van der Waals surface area (Å²) in [6.45, 7) is 9.74. The van der Waals surface area contributed by atoms with Crippen LogP contribution < -0.4 is 5.32 Å². The third-order valence-corrected chi connectivity index (χ3v) is 9.53. The number of hydrogen-bond donors (Lipinski definition) is 2. The fraction of sp³-hybridized carbons (Fsp3) is 0.364. The molecule has 2 fully saturated rings. The van der Waals surface area contributed by atoms with Crippen LogP contribution in [0.15, 0.2) is 42.9 Å². The van der Waals surface area contributed by atoms with Gasteiger partial charge in [-0.1, -0.05) is 25.4 Å². The van der Waals surface area contributed by atoms with Gasteiger partial charge in [-0.05, 0) is 90.1 Å². The first-order valence-electron chi connectivity index (χ1n) is 14.6. The van der Waals surface area contributed by atoms with Crippen molar-refractivity contribution >= 4 is 35.2 Å². The summed E-state index contributed by atoms with van der Waals surface area (Å²) < 4.78 is 32.2. The largest absolute Gasteiger partial charge is 0.481 e. The number of rotatable bonds is 7. The van der Waals surface area contributed by atoms with Gasteiger partial charge in [0.15, 0.2) is 11.6 Å². The number of piperidine rings is 1. The summed E-state index contributed by atoms with van der Waals surface area (Å²) in [6.07, 6.45) is 4.26. The van der Waals surface area contributed by atoms with Crippen LogP contribution in [0.3, 0.4) is 0 Å². The van der Waals surface area contributed by atoms with Gasteiger partial charge in [0.05, 0.1) is 12.5 Å². The molecule has 2 amide bonds. The second-order valence-corrected chi connectivity index (χ2v) is 13.2. The van der Waals surface area contributed by atoms with Crippen LogP contribution in [0.4, 0.5) is 8.78 Å². The lowest BCUT2D eigenvalue weighted by molar-refractivity contribution is -0.138. The second-order valence-electron chi connectivity index (χ2n) is 12.8. The number of carbonyl (C=O) groups is 3. The van der Waals surface area contributed by atoms with Crippen LogP contribution in [-0.2, 0) is 9.59 Å². The summed E-state index contributed by atoms with van der Waals surface area (Å²) in [6, 6.07) is 3.41. The summed E-state index contributed by atoms with van der Waals surface area (Å²) >= 11 is 6.18. The van der Waals surface area contributed by atoms with Crippen LogP contribution in [0, 0.1) is 49.7 Å². The van der Waals surface area contributed by atoms with Crippen LogP contribution >= 0.6 is 11.6 Å². The number of fused-ring (bicyclic) bond motifs is 2. The van der Waals surface area contributed by atoms with Gasteiger partial charge in [0.2, 0.25) is 11.7 Å². The van der Waals surface area contributed by atoms with E-state index in [0.717, 1.165) is 22.8 Å². The van der Waals surface area contributed by atoms with Crippen molar-refractivity contribution < 1.29 is 28.3 Å². The minimum atomic E-state index is -1.42. The Morgan fingerprint density at radius 1 is 1.11 bits per heavy atom. The minimum absolute atomic E-state index is 0.0286. The fourth-order valence-electron chi connectivity index (χ4n) is 7.08. The molecule has 2 N–H and O–H groups in total. The number of nitrogens with zero attached hydrogens (tertiary/aromatic N) is 4. The van der Waals surface area contributed by atoms with Crippen molar-refractivity contribution in [2.45, 2.75) is 53.1 Å². The number of aryl methyl sites for hydroxylation is 3. The van der Waals surface area contributed by atoms with Crippen LogP contribution in [0.1, 0.15) is 59.1 Å². The quantitative estimate of drug-likeness (QED) is 0.270. The number of aromatic nitrogens is 3. The number of nitrogens with one attached hydrogen (secondary N) is 1. The Hall–Kier alpha value is -4.38. The number of halogens is 3. The minimum Gasteiger partial charge on any atom is -0.481 e. The van der Waals surface area contributed by atoms with Gasteiger partial charge in [-0.3, -0.25) is 18.8 Å². The Labute approximate surface area is 263 Å². The number of likely N-dealkylation sites (tertiary alicyclic amines) is 1. The maximum absolute atomic E-state index is 15.4. The Bertz CT molecular complexity index is 1880. The molecule has 1 aliphatic carbocycles. The van der Waals surface area contributed by atoms with Crippen molar-refractivity contribution in [3.8, 4) is 11.1 Å². The zero-order valence-electron chi connectivity index (χ0n) is 25.4. The maximum Gasteiger partial charge on any atom is 0.305 e. The molecule has 6 rings (SSSR count). The molecule has 9 nitrogen and oxygen atoms in total. The number of hydrogen-bond acceptors (Lipinski definition) is 5. The van der Waals surface area contributed by atoms with Gasteiger partial charge >= 0.3 is 5.97 Å². The highest BCUT2D eigenvalue weighted by Gasteiger charge is 2.69. The summed E-state index contributed by atoms with van der Waals surface area (Å²) in [5.41, 5.74) is 2.80. The highest BCUT2D eigenvalue weighted by molar-refractivity contribution is 6.30. The monoisotopic (exact) mass is 635 g/mol. The average molecular weight is 636 g/mol. The van der Waals surface area contributed by atoms with Gasteiger partial charge in [-0.15, -0.1) is 0 Å². The molecule has 1 saturated carbocycles. The molecular formula is C33H32ClF2N5O4. The molecule has 2 aliphatic rings. The van der Waals surface area contributed by atoms with Gasteiger partial charge < -0.3 is 15.3 Å². The van der Waals surface area contributed by atoms with E-state index in [2.05, 4.69) is 15.3 Å². The molecule has 1 aliphatic heterocycles. The summed E-state index contributed by atoms with van der Waals surface area (Å²) in [5.74, 6) is -4.72. The number of carboxylic acids is 1. The van der Waals surface area contributed by atoms with Crippen LogP contribution in [0.5, 0.6) is 0 Å². The number of benzene rings is 2. The number of imidazole rings is 1. The van der Waals surface area contributed by atoms with E-state index in [0.29, 0.717) is 28.5 Å². The molecule has 0 bridgehead atoms. The number of carbonyl (C=O) groups excluding carboxylic acids is 2. The van der Waals surface area contributed by atoms with E-state index in [9.17, 15) is 19.5 Å². The first-order chi connectivity index (χ1) is 21.2. The van der Waals surface area contributed by atoms with Crippen LogP contribution in [0.2, 0.25) is 5.02 Å². The van der Waals surface area contributed by atoms with E-state index in [1.165, 1.54) is 11.0 Å². The molecule has 4 aromatic rings. The second kappa shape index (κ2) is 10.9. The fourth-order valence-corrected chi connectivity index (χ4v) is 7.40. The molecule has 12 heteroatoms. The number of aliphatic carboxylic acids is 1. The van der Waals surface area contributed by atoms with E-state index in [1.54, 1.807) is 49.0 Å². The van der Waals surface area contributed by atoms with Crippen molar-refractivity contribution in [2.75, 3.05) is 6.54 Å². The third-order valence-electron chi connectivity index (χ3n) is 9.31. The standard InChI is InChI=1S/C33H32ClF2N5O4/c1-15-11-37-32-39-24(14-40(32)12-15)31(45)41-13-21-27(33(21,4)5)29(41)30(44)38-23(10-25(42)43)20-8-18(9-22(35)28(20)36)26-16(2)6-19(34)7-17(26)3/h6-9,11-12,14,21,23,27,29H,10,13H2,1-5H3,(H,38,44)(H,42,43)/t21?,23-,27-,29-/m0/s1. The summed E-state index contributed by atoms with van der Waals surface area (Å²) in [7, 11) is 0. The number of amides is 2. The molecule has 2 aromatic carbocycles. The predicted molar refractivity (Wildman–Crippen MR) is 163 cm³/mol. The van der Waals surface area contributed by atoms with Crippen LogP contribution in [-0.4, -0.2) is 54.7 Å². The molecule has 0 radical (unpaired) electrons. The zero-order chi connectivity index (χ0) is 32.5. The lowest BCUT2D eigenvalue weighted by Gasteiger charge is -2.31. The first kappa shape index (κ1) is 30.6. The Morgan fingerprint density at radius 3 is 2.47 bits per heavy atom. The van der Waals surface area contributed by atoms with Gasteiger partial charge in [0, 0.05) is 35.7 Å². The third kappa shape index (κ3) is 5.32. The normalized spacial score (nSPS) is 20.6. The molecule has 2 aromatic heterocycles. The van der Waals surface area contributed by atoms with Crippen molar-refractivity contribution in [2.24, 2.45) is 17.3 Å². The molecule has 0 spiro atoms. The molecule has 234 valence electrons. The highest BCUT2D eigenvalue weighted by Crippen LogP contribution is 2.65. The molecule has 4 atom stereocenters. The number of carboxylic acid groups (broad SMARTS) is 1. The van der Waals surface area contributed by atoms with Crippen molar-refractivity contribution in [3.05, 3.63) is 87.5 Å². The van der Waals surface area contributed by atoms with Gasteiger partial charge in [-0.25, -0.2) is 18.7 Å². The average Bonchev–Trinajstić information content (AvgIpc) is 3.30. The first-order valence-corrected chi connectivity index (χ1v) is 15.0. The van der Waals surface area contributed by atoms with Gasteiger partial charge in [-0.2, -0.15) is 0 Å². The molecular weight excluding hydrogens is 604 g/mol. The Morgan fingerprint density at radius 2 is 1.80 bits per heavy atom. The Kier molecular flexibility index (Phi) is 7.42. The lowest BCUT2D eigenvalue weighted by Crippen LogP contribution is -2.50. The highest BCUT2D eigenvalue weighted by atomic mass is 35.5. The molecule has 1 unspecified atom stereocenters. The Balaban J connectivity index is 1.35. The zero-order valence-corrected chi connectivity index (χ0v) is 26.1. The van der Waals surface area contributed by atoms with Gasteiger partial charge in [0.1, 0.15) is 11.7 Å². The van der Waals surface area contributed by atoms with Crippen molar-refractivity contribution in [1.82, 2.24) is 24.6 Å². The van der Waals surface area contributed by atoms with E-state index < -0.39 is 47.9 Å². The van der Waals surface area contributed by atoms with E-state index in [4.69, 9.17) is 11.6 Å². The lowest BCUT2D eigenvalue weighted by atomic mass is 9.91.